The van der Waals surface area contributed by atoms with E-state index in [0.717, 1.165) is 16.8 Å². The number of anilines is 1. The Kier molecular flexibility index (Phi) is 5.38. The molecule has 0 aliphatic carbocycles. The summed E-state index contributed by atoms with van der Waals surface area (Å²) in [7, 11) is 0. The first-order valence-corrected chi connectivity index (χ1v) is 7.87. The van der Waals surface area contributed by atoms with E-state index in [2.05, 4.69) is 22.2 Å². The van der Waals surface area contributed by atoms with Crippen molar-refractivity contribution in [2.24, 2.45) is 4.99 Å². The third kappa shape index (κ3) is 4.21. The van der Waals surface area contributed by atoms with E-state index in [0.29, 0.717) is 11.7 Å². The normalized spacial score (nSPS) is 19.1. The van der Waals surface area contributed by atoms with E-state index in [1.54, 1.807) is 6.08 Å². The summed E-state index contributed by atoms with van der Waals surface area (Å²) in [6.07, 6.45) is 1.77. The first-order chi connectivity index (χ1) is 10.5. The average molecular weight is 317 g/mol. The van der Waals surface area contributed by atoms with Gasteiger partial charge >= 0.3 is 0 Å². The van der Waals surface area contributed by atoms with Crippen molar-refractivity contribution in [2.45, 2.75) is 25.5 Å². The van der Waals surface area contributed by atoms with Gasteiger partial charge < -0.3 is 10.6 Å². The van der Waals surface area contributed by atoms with Crippen molar-refractivity contribution in [3.05, 3.63) is 42.0 Å². The quantitative estimate of drug-likeness (QED) is 0.819. The summed E-state index contributed by atoms with van der Waals surface area (Å²) in [5.74, 6) is -0.354. The lowest BCUT2D eigenvalue weighted by atomic mass is 10.1. The topological polar surface area (TPSA) is 70.6 Å². The fourth-order valence-corrected chi connectivity index (χ4v) is 3.06. The zero-order valence-electron chi connectivity index (χ0n) is 12.7. The van der Waals surface area contributed by atoms with Gasteiger partial charge in [0.15, 0.2) is 5.17 Å². The smallest absolute Gasteiger partial charge is 0.240 e. The van der Waals surface area contributed by atoms with Crippen LogP contribution in [0.2, 0.25) is 0 Å². The molecule has 0 bridgehead atoms. The van der Waals surface area contributed by atoms with Gasteiger partial charge in [0.1, 0.15) is 5.25 Å². The maximum absolute atomic E-state index is 12.1. The Balaban J connectivity index is 1.95. The number of amides is 2. The van der Waals surface area contributed by atoms with Crippen LogP contribution in [0.1, 0.15) is 17.5 Å². The molecule has 1 fully saturated rings. The minimum absolute atomic E-state index is 0.122. The lowest BCUT2D eigenvalue weighted by Crippen LogP contribution is -2.28. The molecular formula is C16H19N3O2S. The molecule has 1 saturated heterocycles. The van der Waals surface area contributed by atoms with Crippen LogP contribution in [0.5, 0.6) is 0 Å². The number of thioether (sulfide) groups is 1. The number of aryl methyl sites for hydroxylation is 2. The van der Waals surface area contributed by atoms with Crippen molar-refractivity contribution < 1.29 is 9.59 Å². The summed E-state index contributed by atoms with van der Waals surface area (Å²) in [5.41, 5.74) is 2.92. The number of rotatable bonds is 5. The highest BCUT2D eigenvalue weighted by Gasteiger charge is 2.31. The molecule has 22 heavy (non-hydrogen) atoms. The van der Waals surface area contributed by atoms with Gasteiger partial charge in [-0.3, -0.25) is 14.6 Å². The Morgan fingerprint density at radius 2 is 2.27 bits per heavy atom. The highest BCUT2D eigenvalue weighted by molar-refractivity contribution is 8.15. The first kappa shape index (κ1) is 16.3. The van der Waals surface area contributed by atoms with Crippen molar-refractivity contribution in [1.82, 2.24) is 5.32 Å². The second kappa shape index (κ2) is 7.26. The number of benzene rings is 1. The SMILES string of the molecule is C=CCN=C1NC(=O)[C@H](CC(=O)Nc2ccc(C)cc2C)S1. The van der Waals surface area contributed by atoms with Gasteiger partial charge in [-0.15, -0.1) is 6.58 Å². The Labute approximate surface area is 134 Å². The van der Waals surface area contributed by atoms with Crippen LogP contribution in [0.3, 0.4) is 0 Å². The van der Waals surface area contributed by atoms with Crippen LogP contribution in [0.4, 0.5) is 5.69 Å². The highest BCUT2D eigenvalue weighted by atomic mass is 32.2. The Hall–Kier alpha value is -2.08. The number of nitrogens with zero attached hydrogens (tertiary/aromatic N) is 1. The molecule has 1 atom stereocenters. The molecule has 6 heteroatoms. The van der Waals surface area contributed by atoms with E-state index in [4.69, 9.17) is 0 Å². The monoisotopic (exact) mass is 317 g/mol. The number of amidine groups is 1. The van der Waals surface area contributed by atoms with Gasteiger partial charge in [0.2, 0.25) is 11.8 Å². The Bertz CT molecular complexity index is 640. The van der Waals surface area contributed by atoms with E-state index in [-0.39, 0.29) is 18.2 Å². The van der Waals surface area contributed by atoms with Crippen molar-refractivity contribution >= 4 is 34.4 Å². The molecule has 0 radical (unpaired) electrons. The largest absolute Gasteiger partial charge is 0.326 e. The lowest BCUT2D eigenvalue weighted by molar-refractivity contribution is -0.122. The average Bonchev–Trinajstić information content (AvgIpc) is 2.80. The fourth-order valence-electron chi connectivity index (χ4n) is 2.09. The molecule has 2 rings (SSSR count). The maximum atomic E-state index is 12.1. The third-order valence-electron chi connectivity index (χ3n) is 3.17. The maximum Gasteiger partial charge on any atom is 0.240 e. The number of carbonyl (C=O) groups is 2. The predicted octanol–water partition coefficient (Wildman–Crippen LogP) is 2.41. The highest BCUT2D eigenvalue weighted by Crippen LogP contribution is 2.23. The molecule has 1 aromatic rings. The molecule has 1 aliphatic rings. The first-order valence-electron chi connectivity index (χ1n) is 6.99. The molecule has 1 aromatic carbocycles. The minimum atomic E-state index is -0.436. The summed E-state index contributed by atoms with van der Waals surface area (Å²) in [4.78, 5) is 28.1. The number of carbonyl (C=O) groups excluding carboxylic acids is 2. The van der Waals surface area contributed by atoms with Crippen LogP contribution in [0, 0.1) is 13.8 Å². The van der Waals surface area contributed by atoms with Gasteiger partial charge in [-0.05, 0) is 25.5 Å². The predicted molar refractivity (Wildman–Crippen MR) is 91.2 cm³/mol. The fraction of sp³-hybridized carbons (Fsp3) is 0.312. The molecule has 5 nitrogen and oxygen atoms in total. The Morgan fingerprint density at radius 3 is 2.95 bits per heavy atom. The van der Waals surface area contributed by atoms with Gasteiger partial charge in [-0.1, -0.05) is 35.5 Å². The van der Waals surface area contributed by atoms with Gasteiger partial charge in [-0.2, -0.15) is 0 Å². The summed E-state index contributed by atoms with van der Waals surface area (Å²) in [5, 5.41) is 5.64. The second-order valence-electron chi connectivity index (χ2n) is 5.10. The zero-order valence-corrected chi connectivity index (χ0v) is 13.5. The van der Waals surface area contributed by atoms with Crippen LogP contribution in [0.25, 0.3) is 0 Å². The lowest BCUT2D eigenvalue weighted by Gasteiger charge is -2.10. The van der Waals surface area contributed by atoms with Gasteiger partial charge in [0, 0.05) is 12.1 Å². The van der Waals surface area contributed by atoms with Crippen molar-refractivity contribution in [2.75, 3.05) is 11.9 Å². The van der Waals surface area contributed by atoms with E-state index in [1.165, 1.54) is 11.8 Å². The van der Waals surface area contributed by atoms with E-state index >= 15 is 0 Å². The van der Waals surface area contributed by atoms with Gasteiger partial charge in [-0.25, -0.2) is 0 Å². The molecule has 0 saturated carbocycles. The van der Waals surface area contributed by atoms with Gasteiger partial charge in [0.25, 0.3) is 0 Å². The van der Waals surface area contributed by atoms with Crippen LogP contribution in [0.15, 0.2) is 35.8 Å². The van der Waals surface area contributed by atoms with Crippen LogP contribution in [-0.4, -0.2) is 28.8 Å². The van der Waals surface area contributed by atoms with Crippen LogP contribution in [-0.2, 0) is 9.59 Å². The van der Waals surface area contributed by atoms with Crippen molar-refractivity contribution in [1.29, 1.82) is 0 Å². The Morgan fingerprint density at radius 1 is 1.50 bits per heavy atom. The van der Waals surface area contributed by atoms with Gasteiger partial charge in [0.05, 0.1) is 6.54 Å². The molecule has 0 unspecified atom stereocenters. The molecule has 2 amide bonds. The molecule has 1 aliphatic heterocycles. The van der Waals surface area contributed by atoms with Crippen LogP contribution >= 0.6 is 11.8 Å². The molecule has 1 heterocycles. The standard InChI is InChI=1S/C16H19N3O2S/c1-4-7-17-16-19-15(21)13(22-16)9-14(20)18-12-6-5-10(2)8-11(12)3/h4-6,8,13H,1,7,9H2,2-3H3,(H,18,20)(H,17,19,21)/t13-/m0/s1. The number of nitrogens with one attached hydrogen (secondary N) is 2. The number of hydrogen-bond acceptors (Lipinski definition) is 4. The molecular weight excluding hydrogens is 298 g/mol. The third-order valence-corrected chi connectivity index (χ3v) is 4.29. The molecule has 0 spiro atoms. The molecule has 2 N–H and O–H groups in total. The summed E-state index contributed by atoms with van der Waals surface area (Å²) in [6.45, 7) is 7.97. The summed E-state index contributed by atoms with van der Waals surface area (Å²) < 4.78 is 0. The molecule has 116 valence electrons. The zero-order chi connectivity index (χ0) is 16.1. The second-order valence-corrected chi connectivity index (χ2v) is 6.29. The summed E-state index contributed by atoms with van der Waals surface area (Å²) >= 11 is 1.28. The van der Waals surface area contributed by atoms with E-state index < -0.39 is 5.25 Å². The number of aliphatic imine (C=N–C) groups is 1. The van der Waals surface area contributed by atoms with Crippen LogP contribution < -0.4 is 10.6 Å². The van der Waals surface area contributed by atoms with Crippen molar-refractivity contribution in [3.63, 3.8) is 0 Å². The van der Waals surface area contributed by atoms with E-state index in [9.17, 15) is 9.59 Å². The molecule has 0 aromatic heterocycles. The minimum Gasteiger partial charge on any atom is -0.326 e. The van der Waals surface area contributed by atoms with E-state index in [1.807, 2.05) is 32.0 Å². The van der Waals surface area contributed by atoms with Crippen molar-refractivity contribution in [3.8, 4) is 0 Å². The summed E-state index contributed by atoms with van der Waals surface area (Å²) in [6, 6.07) is 5.83. The number of hydrogen-bond donors (Lipinski definition) is 2.